The lowest BCUT2D eigenvalue weighted by Crippen LogP contribution is -2.20. The summed E-state index contributed by atoms with van der Waals surface area (Å²) in [5.41, 5.74) is 3.92. The zero-order valence-corrected chi connectivity index (χ0v) is 12.1. The third kappa shape index (κ3) is 4.71. The highest BCUT2D eigenvalue weighted by molar-refractivity contribution is 6.25. The third-order valence-electron chi connectivity index (χ3n) is 2.76. The minimum absolute atomic E-state index is 0.292. The molecule has 1 aromatic rings. The fraction of sp³-hybridized carbons (Fsp3) is 0.467. The second kappa shape index (κ2) is 8.17. The molecule has 2 nitrogen and oxygen atoms in total. The monoisotopic (exact) mass is 267 g/mol. The number of nitrogens with one attached hydrogen (secondary N) is 1. The van der Waals surface area contributed by atoms with Crippen molar-refractivity contribution in [3.05, 3.63) is 40.9 Å². The van der Waals surface area contributed by atoms with Gasteiger partial charge in [-0.15, -0.1) is 0 Å². The predicted molar refractivity (Wildman–Crippen MR) is 78.4 cm³/mol. The van der Waals surface area contributed by atoms with Gasteiger partial charge in [0.1, 0.15) is 12.4 Å². The summed E-state index contributed by atoms with van der Waals surface area (Å²) in [5.74, 6) is 0.923. The quantitative estimate of drug-likeness (QED) is 0.800. The Balaban J connectivity index is 2.81. The average Bonchev–Trinajstić information content (AvgIpc) is 2.38. The van der Waals surface area contributed by atoms with E-state index in [1.54, 1.807) is 6.08 Å². The molecule has 0 bridgehead atoms. The minimum Gasteiger partial charge on any atom is -0.489 e. The molecular weight excluding hydrogens is 246 g/mol. The van der Waals surface area contributed by atoms with E-state index in [9.17, 15) is 0 Å². The van der Waals surface area contributed by atoms with Crippen LogP contribution in [-0.2, 0) is 0 Å². The van der Waals surface area contributed by atoms with E-state index < -0.39 is 0 Å². The zero-order valence-electron chi connectivity index (χ0n) is 11.4. The molecule has 0 aliphatic rings. The molecule has 3 heteroatoms. The van der Waals surface area contributed by atoms with E-state index in [-0.39, 0.29) is 0 Å². The number of ether oxygens (including phenoxy) is 1. The van der Waals surface area contributed by atoms with Crippen molar-refractivity contribution in [2.75, 3.05) is 13.2 Å². The molecular formula is C15H22ClNO. The first-order chi connectivity index (χ1) is 8.69. The van der Waals surface area contributed by atoms with Crippen molar-refractivity contribution in [3.8, 4) is 5.75 Å². The predicted octanol–water partition coefficient (Wildman–Crippen LogP) is 4.19. The SMILES string of the molecule is CCCNC(C)c1cc(C)ccc1OC/C=C/Cl. The van der Waals surface area contributed by atoms with Crippen molar-refractivity contribution in [2.24, 2.45) is 0 Å². The number of rotatable bonds is 7. The van der Waals surface area contributed by atoms with Crippen LogP contribution in [0.4, 0.5) is 0 Å². The molecule has 0 amide bonds. The molecule has 1 rings (SSSR count). The van der Waals surface area contributed by atoms with E-state index in [2.05, 4.69) is 38.2 Å². The van der Waals surface area contributed by atoms with Gasteiger partial charge in [0, 0.05) is 17.1 Å². The van der Waals surface area contributed by atoms with Crippen LogP contribution in [0.2, 0.25) is 0 Å². The molecule has 0 fully saturated rings. The summed E-state index contributed by atoms with van der Waals surface area (Å²) in [4.78, 5) is 0. The highest BCUT2D eigenvalue weighted by atomic mass is 35.5. The molecule has 1 aromatic carbocycles. The van der Waals surface area contributed by atoms with E-state index in [0.29, 0.717) is 12.6 Å². The lowest BCUT2D eigenvalue weighted by Gasteiger charge is -2.18. The van der Waals surface area contributed by atoms with E-state index in [1.165, 1.54) is 16.7 Å². The smallest absolute Gasteiger partial charge is 0.124 e. The molecule has 1 N–H and O–H groups in total. The normalized spacial score (nSPS) is 12.9. The van der Waals surface area contributed by atoms with Gasteiger partial charge in [0.15, 0.2) is 0 Å². The fourth-order valence-corrected chi connectivity index (χ4v) is 1.86. The average molecular weight is 268 g/mol. The van der Waals surface area contributed by atoms with Crippen molar-refractivity contribution < 1.29 is 4.74 Å². The molecule has 0 spiro atoms. The molecule has 100 valence electrons. The molecule has 0 aliphatic carbocycles. The van der Waals surface area contributed by atoms with Crippen LogP contribution in [0, 0.1) is 6.92 Å². The summed E-state index contributed by atoms with van der Waals surface area (Å²) in [6, 6.07) is 6.56. The summed E-state index contributed by atoms with van der Waals surface area (Å²) in [6.45, 7) is 7.93. The van der Waals surface area contributed by atoms with Gasteiger partial charge in [0.2, 0.25) is 0 Å². The minimum atomic E-state index is 0.292. The maximum atomic E-state index is 5.72. The van der Waals surface area contributed by atoms with Gasteiger partial charge in [-0.05, 0) is 39.0 Å². The summed E-state index contributed by atoms with van der Waals surface area (Å²) in [6.07, 6.45) is 2.91. The lowest BCUT2D eigenvalue weighted by atomic mass is 10.0. The number of aryl methyl sites for hydroxylation is 1. The van der Waals surface area contributed by atoms with Gasteiger partial charge in [-0.25, -0.2) is 0 Å². The Bertz CT molecular complexity index is 390. The van der Waals surface area contributed by atoms with Gasteiger partial charge in [-0.1, -0.05) is 36.2 Å². The van der Waals surface area contributed by atoms with Crippen LogP contribution in [-0.4, -0.2) is 13.2 Å². The molecule has 0 aromatic heterocycles. The molecule has 0 radical (unpaired) electrons. The number of hydrogen-bond acceptors (Lipinski definition) is 2. The van der Waals surface area contributed by atoms with E-state index in [1.807, 2.05) is 6.07 Å². The molecule has 1 atom stereocenters. The first kappa shape index (κ1) is 15.1. The van der Waals surface area contributed by atoms with Crippen molar-refractivity contribution >= 4 is 11.6 Å². The largest absolute Gasteiger partial charge is 0.489 e. The fourth-order valence-electron chi connectivity index (χ4n) is 1.78. The topological polar surface area (TPSA) is 21.3 Å². The van der Waals surface area contributed by atoms with Crippen molar-refractivity contribution in [3.63, 3.8) is 0 Å². The zero-order chi connectivity index (χ0) is 13.4. The number of benzene rings is 1. The van der Waals surface area contributed by atoms with Gasteiger partial charge in [-0.3, -0.25) is 0 Å². The van der Waals surface area contributed by atoms with Crippen LogP contribution in [0.15, 0.2) is 29.8 Å². The second-order valence-corrected chi connectivity index (χ2v) is 4.64. The molecule has 1 unspecified atom stereocenters. The Morgan fingerprint density at radius 3 is 2.89 bits per heavy atom. The van der Waals surface area contributed by atoms with E-state index in [0.717, 1.165) is 18.7 Å². The summed E-state index contributed by atoms with van der Waals surface area (Å²) in [5, 5.41) is 3.48. The van der Waals surface area contributed by atoms with Crippen molar-refractivity contribution in [1.29, 1.82) is 0 Å². The highest BCUT2D eigenvalue weighted by Crippen LogP contribution is 2.26. The Labute approximate surface area is 115 Å². The van der Waals surface area contributed by atoms with Gasteiger partial charge >= 0.3 is 0 Å². The van der Waals surface area contributed by atoms with Gasteiger partial charge < -0.3 is 10.1 Å². The Hall–Kier alpha value is -0.990. The molecule has 18 heavy (non-hydrogen) atoms. The van der Waals surface area contributed by atoms with Crippen LogP contribution in [0.25, 0.3) is 0 Å². The van der Waals surface area contributed by atoms with Crippen LogP contribution >= 0.6 is 11.6 Å². The molecule has 0 saturated carbocycles. The summed E-state index contributed by atoms with van der Waals surface area (Å²) >= 11 is 5.49. The van der Waals surface area contributed by atoms with Gasteiger partial charge in [-0.2, -0.15) is 0 Å². The van der Waals surface area contributed by atoms with Gasteiger partial charge in [0.25, 0.3) is 0 Å². The molecule has 0 saturated heterocycles. The van der Waals surface area contributed by atoms with E-state index >= 15 is 0 Å². The number of hydrogen-bond donors (Lipinski definition) is 1. The highest BCUT2D eigenvalue weighted by Gasteiger charge is 2.11. The summed E-state index contributed by atoms with van der Waals surface area (Å²) < 4.78 is 5.72. The van der Waals surface area contributed by atoms with Crippen LogP contribution in [0.3, 0.4) is 0 Å². The van der Waals surface area contributed by atoms with Crippen molar-refractivity contribution in [2.45, 2.75) is 33.2 Å². The van der Waals surface area contributed by atoms with Crippen molar-refractivity contribution in [1.82, 2.24) is 5.32 Å². The standard InChI is InChI=1S/C15H22ClNO/c1-4-9-17-13(3)14-11-12(2)6-7-15(14)18-10-5-8-16/h5-8,11,13,17H,4,9-10H2,1-3H3/b8-5+. The molecule has 0 heterocycles. The lowest BCUT2D eigenvalue weighted by molar-refractivity contribution is 0.354. The maximum absolute atomic E-state index is 5.72. The Morgan fingerprint density at radius 2 is 2.22 bits per heavy atom. The Kier molecular flexibility index (Phi) is 6.84. The van der Waals surface area contributed by atoms with E-state index in [4.69, 9.17) is 16.3 Å². The summed E-state index contributed by atoms with van der Waals surface area (Å²) in [7, 11) is 0. The first-order valence-electron chi connectivity index (χ1n) is 6.41. The third-order valence-corrected chi connectivity index (χ3v) is 2.93. The van der Waals surface area contributed by atoms with Crippen LogP contribution in [0.5, 0.6) is 5.75 Å². The molecule has 0 aliphatic heterocycles. The first-order valence-corrected chi connectivity index (χ1v) is 6.84. The van der Waals surface area contributed by atoms with Crippen LogP contribution < -0.4 is 10.1 Å². The number of halogens is 1. The van der Waals surface area contributed by atoms with Crippen LogP contribution in [0.1, 0.15) is 37.4 Å². The van der Waals surface area contributed by atoms with Gasteiger partial charge in [0.05, 0.1) is 0 Å². The maximum Gasteiger partial charge on any atom is 0.124 e. The Morgan fingerprint density at radius 1 is 1.44 bits per heavy atom. The second-order valence-electron chi connectivity index (χ2n) is 4.39.